The molecule has 2 aliphatic rings. The molecule has 0 bridgehead atoms. The zero-order chi connectivity index (χ0) is 29.3. The summed E-state index contributed by atoms with van der Waals surface area (Å²) in [5.74, 6) is -3.14. The number of ether oxygens (including phenoxy) is 1. The van der Waals surface area contributed by atoms with Gasteiger partial charge in [0, 0.05) is 23.5 Å². The van der Waals surface area contributed by atoms with E-state index in [4.69, 9.17) is 4.74 Å². The minimum absolute atomic E-state index is 0.0760. The lowest BCUT2D eigenvalue weighted by Crippen LogP contribution is -2.26. The minimum Gasteiger partial charge on any atom is -0.464 e. The second-order valence-electron chi connectivity index (χ2n) is 9.13. The molecule has 0 fully saturated rings. The summed E-state index contributed by atoms with van der Waals surface area (Å²) in [6.07, 6.45) is 1.03. The molecular formula is C28H21F5N6O2. The van der Waals surface area contributed by atoms with Crippen LogP contribution >= 0.6 is 0 Å². The van der Waals surface area contributed by atoms with Crippen molar-refractivity contribution in [3.05, 3.63) is 89.5 Å². The van der Waals surface area contributed by atoms with Gasteiger partial charge in [0.2, 0.25) is 0 Å². The Balaban J connectivity index is 1.54. The normalized spacial score (nSPS) is 12.5. The van der Waals surface area contributed by atoms with Crippen molar-refractivity contribution >= 4 is 5.97 Å². The molecule has 1 unspecified atom stereocenters. The summed E-state index contributed by atoms with van der Waals surface area (Å²) in [7, 11) is 0. The van der Waals surface area contributed by atoms with Crippen molar-refractivity contribution in [1.29, 1.82) is 0 Å². The number of carbonyl (C=O) groups excluding carboxylic acids is 1. The highest BCUT2D eigenvalue weighted by atomic mass is 19.4. The predicted molar refractivity (Wildman–Crippen MR) is 136 cm³/mol. The van der Waals surface area contributed by atoms with E-state index in [1.807, 2.05) is 6.92 Å². The van der Waals surface area contributed by atoms with Crippen molar-refractivity contribution < 1.29 is 31.5 Å². The van der Waals surface area contributed by atoms with Gasteiger partial charge in [-0.25, -0.2) is 33.5 Å². The van der Waals surface area contributed by atoms with Gasteiger partial charge >= 0.3 is 12.1 Å². The summed E-state index contributed by atoms with van der Waals surface area (Å²) < 4.78 is 75.6. The molecule has 41 heavy (non-hydrogen) atoms. The van der Waals surface area contributed by atoms with Crippen molar-refractivity contribution in [2.75, 3.05) is 6.61 Å². The van der Waals surface area contributed by atoms with E-state index in [0.717, 1.165) is 12.1 Å². The minimum atomic E-state index is -4.63. The number of benzene rings is 2. The van der Waals surface area contributed by atoms with Gasteiger partial charge < -0.3 is 4.74 Å². The molecule has 0 saturated heterocycles. The number of imidazole rings is 1. The number of hydrogen-bond acceptors (Lipinski definition) is 7. The van der Waals surface area contributed by atoms with Gasteiger partial charge in [-0.1, -0.05) is 30.7 Å². The maximum Gasteiger partial charge on any atom is 0.417 e. The molecule has 3 heterocycles. The van der Waals surface area contributed by atoms with Gasteiger partial charge in [0.15, 0.2) is 29.3 Å². The van der Waals surface area contributed by atoms with Crippen LogP contribution in [0.2, 0.25) is 0 Å². The zero-order valence-electron chi connectivity index (χ0n) is 21.7. The first-order valence-corrected chi connectivity index (χ1v) is 12.4. The van der Waals surface area contributed by atoms with Gasteiger partial charge in [0.05, 0.1) is 30.1 Å². The van der Waals surface area contributed by atoms with E-state index < -0.39 is 35.4 Å². The second-order valence-corrected chi connectivity index (χ2v) is 9.13. The van der Waals surface area contributed by atoms with Gasteiger partial charge in [-0.15, -0.1) is 0 Å². The van der Waals surface area contributed by atoms with Crippen molar-refractivity contribution in [3.8, 4) is 34.2 Å². The number of carbonyl (C=O) groups is 1. The highest BCUT2D eigenvalue weighted by molar-refractivity contribution is 5.78. The van der Waals surface area contributed by atoms with E-state index >= 15 is 0 Å². The van der Waals surface area contributed by atoms with Gasteiger partial charge in [-0.3, -0.25) is 4.68 Å². The topological polar surface area (TPSA) is 95.7 Å². The third-order valence-corrected chi connectivity index (χ3v) is 6.12. The Labute approximate surface area is 230 Å². The lowest BCUT2D eigenvalue weighted by Gasteiger charge is -2.19. The van der Waals surface area contributed by atoms with Crippen LogP contribution in [0.25, 0.3) is 34.2 Å². The molecule has 0 amide bonds. The smallest absolute Gasteiger partial charge is 0.417 e. The van der Waals surface area contributed by atoms with Crippen molar-refractivity contribution in [2.45, 2.75) is 32.5 Å². The van der Waals surface area contributed by atoms with Crippen molar-refractivity contribution in [1.82, 2.24) is 29.7 Å². The number of aromatic nitrogens is 6. The van der Waals surface area contributed by atoms with Crippen LogP contribution in [0.4, 0.5) is 22.0 Å². The number of fused-ring (bicyclic) bond motifs is 1. The third kappa shape index (κ3) is 5.60. The van der Waals surface area contributed by atoms with Crippen molar-refractivity contribution in [3.63, 3.8) is 0 Å². The lowest BCUT2D eigenvalue weighted by atomic mass is 10.0. The first-order chi connectivity index (χ1) is 19.6. The number of hydrogen-bond donors (Lipinski definition) is 0. The fraction of sp³-hybridized carbons (Fsp3) is 0.214. The molecule has 0 aliphatic carbocycles. The molecule has 8 nitrogen and oxygen atoms in total. The summed E-state index contributed by atoms with van der Waals surface area (Å²) >= 11 is 0. The number of nitrogens with zero attached hydrogens (tertiary/aromatic N) is 6. The van der Waals surface area contributed by atoms with Crippen LogP contribution in [0.3, 0.4) is 0 Å². The molecule has 1 aromatic heterocycles. The molecule has 0 radical (unpaired) electrons. The fourth-order valence-electron chi connectivity index (χ4n) is 4.16. The Morgan fingerprint density at radius 1 is 0.976 bits per heavy atom. The predicted octanol–water partition coefficient (Wildman–Crippen LogP) is 6.05. The summed E-state index contributed by atoms with van der Waals surface area (Å²) in [5, 5.41) is 4.24. The Hall–Kier alpha value is -4.81. The fourth-order valence-corrected chi connectivity index (χ4v) is 4.16. The average Bonchev–Trinajstić information content (AvgIpc) is 3.37. The lowest BCUT2D eigenvalue weighted by molar-refractivity contribution is -0.146. The Morgan fingerprint density at radius 2 is 1.71 bits per heavy atom. The first-order valence-electron chi connectivity index (χ1n) is 12.4. The molecule has 1 atom stereocenters. The van der Waals surface area contributed by atoms with Gasteiger partial charge in [0.25, 0.3) is 0 Å². The molecule has 5 rings (SSSR count). The molecular weight excluding hydrogens is 547 g/mol. The van der Waals surface area contributed by atoms with E-state index in [2.05, 4.69) is 25.0 Å². The molecule has 13 heteroatoms. The number of halogens is 5. The second kappa shape index (κ2) is 11.0. The summed E-state index contributed by atoms with van der Waals surface area (Å²) in [6, 6.07) is 6.22. The highest BCUT2D eigenvalue weighted by Crippen LogP contribution is 2.37. The number of alkyl halides is 3. The Bertz CT molecular complexity index is 1690. The average molecular weight is 569 g/mol. The molecule has 0 spiro atoms. The Morgan fingerprint density at radius 3 is 2.41 bits per heavy atom. The first kappa shape index (κ1) is 27.7. The van der Waals surface area contributed by atoms with Crippen LogP contribution in [0.5, 0.6) is 0 Å². The zero-order valence-corrected chi connectivity index (χ0v) is 21.7. The summed E-state index contributed by atoms with van der Waals surface area (Å²) in [6.45, 7) is 3.46. The molecule has 0 saturated carbocycles. The van der Waals surface area contributed by atoms with E-state index in [0.29, 0.717) is 12.0 Å². The molecule has 3 aromatic rings. The van der Waals surface area contributed by atoms with E-state index in [1.54, 1.807) is 6.92 Å². The number of esters is 1. The van der Waals surface area contributed by atoms with E-state index in [1.165, 1.54) is 53.7 Å². The molecule has 2 aromatic carbocycles. The third-order valence-electron chi connectivity index (χ3n) is 6.12. The number of rotatable bonds is 7. The van der Waals surface area contributed by atoms with Crippen LogP contribution in [0, 0.1) is 18.6 Å². The Kier molecular flexibility index (Phi) is 7.43. The van der Waals surface area contributed by atoms with Crippen LogP contribution in [0.1, 0.15) is 36.1 Å². The summed E-state index contributed by atoms with van der Waals surface area (Å²) in [4.78, 5) is 29.8. The van der Waals surface area contributed by atoms with Crippen LogP contribution in [-0.4, -0.2) is 42.3 Å². The van der Waals surface area contributed by atoms with Crippen LogP contribution in [-0.2, 0) is 15.7 Å². The van der Waals surface area contributed by atoms with Gasteiger partial charge in [-0.05, 0) is 31.5 Å². The van der Waals surface area contributed by atoms with Gasteiger partial charge in [0.1, 0.15) is 11.4 Å². The van der Waals surface area contributed by atoms with E-state index in [9.17, 15) is 26.7 Å². The van der Waals surface area contributed by atoms with Gasteiger partial charge in [-0.2, -0.15) is 18.3 Å². The summed E-state index contributed by atoms with van der Waals surface area (Å²) in [5.41, 5.74) is -0.159. The van der Waals surface area contributed by atoms with Crippen LogP contribution in [0.15, 0.2) is 61.2 Å². The number of aryl methyl sites for hydroxylation is 1. The highest BCUT2D eigenvalue weighted by Gasteiger charge is 2.35. The maximum absolute atomic E-state index is 14.3. The molecule has 2 aliphatic heterocycles. The maximum atomic E-state index is 14.3. The quantitative estimate of drug-likeness (QED) is 0.174. The molecule has 0 N–H and O–H groups in total. The largest absolute Gasteiger partial charge is 0.464 e. The molecule has 210 valence electrons. The van der Waals surface area contributed by atoms with E-state index in [-0.39, 0.29) is 46.3 Å². The van der Waals surface area contributed by atoms with Crippen molar-refractivity contribution in [2.24, 2.45) is 0 Å². The van der Waals surface area contributed by atoms with Crippen LogP contribution < -0.4 is 0 Å². The standard InChI is InChI=1S/C28H21F5N6O2/c1-3-9-41-27(40)24(16-11-34-25(35-12-16)17-8-7-15(2)10-19(17)28(31,32)33)39-14-22-21(13-36-39)37-26(38-22)18-5-4-6-20(29)23(18)30/h4-8,10-14,24H,3,9H2,1-2H3. The monoisotopic (exact) mass is 568 g/mol. The SMILES string of the molecule is CCCOC(=O)C(c1cnc(-c2ccc(C)cc2C(F)(F)F)nc1)n1cc2nc(-c3cccc(F)c3F)nc-2cn1.